The lowest BCUT2D eigenvalue weighted by molar-refractivity contribution is -0.125. The molecule has 2 fully saturated rings. The maximum Gasteiger partial charge on any atom is 0.246 e. The third kappa shape index (κ3) is 2.49. The maximum absolute atomic E-state index is 12.5. The number of likely N-dealkylation sites (tertiary alicyclic amines) is 1. The summed E-state index contributed by atoms with van der Waals surface area (Å²) in [5.41, 5.74) is -0.353. The van der Waals surface area contributed by atoms with Crippen LogP contribution in [0.4, 0.5) is 0 Å². The molecule has 2 aromatic heterocycles. The largest absolute Gasteiger partial charge is 0.380 e. The molecule has 4 rings (SSSR count). The Morgan fingerprint density at radius 2 is 2.48 bits per heavy atom. The Morgan fingerprint density at radius 3 is 3.22 bits per heavy atom. The van der Waals surface area contributed by atoms with Gasteiger partial charge in [-0.25, -0.2) is 0 Å². The van der Waals surface area contributed by atoms with Gasteiger partial charge in [-0.05, 0) is 24.4 Å². The molecule has 0 aromatic carbocycles. The van der Waals surface area contributed by atoms with Gasteiger partial charge in [-0.2, -0.15) is 4.98 Å². The fourth-order valence-corrected chi connectivity index (χ4v) is 3.97. The van der Waals surface area contributed by atoms with Crippen molar-refractivity contribution in [1.82, 2.24) is 15.0 Å². The Morgan fingerprint density at radius 1 is 1.57 bits per heavy atom. The molecule has 2 atom stereocenters. The SMILES string of the molecule is Cc1noc([C@]23COC[C@H]2CN(C(=O)/C=C/c2cccs2)C3)n1. The van der Waals surface area contributed by atoms with E-state index in [1.54, 1.807) is 24.3 Å². The monoisotopic (exact) mass is 331 g/mol. The number of aromatic nitrogens is 2. The molecule has 0 bridgehead atoms. The first kappa shape index (κ1) is 14.6. The van der Waals surface area contributed by atoms with Crippen molar-refractivity contribution in [2.24, 2.45) is 5.92 Å². The average Bonchev–Trinajstić information content (AvgIpc) is 3.27. The number of fused-ring (bicyclic) bond motifs is 1. The summed E-state index contributed by atoms with van der Waals surface area (Å²) in [6.07, 6.45) is 3.50. The second-order valence-electron chi connectivity index (χ2n) is 6.08. The first-order valence-corrected chi connectivity index (χ1v) is 8.44. The highest BCUT2D eigenvalue weighted by Crippen LogP contribution is 2.43. The molecule has 4 heterocycles. The molecule has 2 aliphatic rings. The first-order valence-electron chi connectivity index (χ1n) is 7.56. The predicted molar refractivity (Wildman–Crippen MR) is 85.0 cm³/mol. The van der Waals surface area contributed by atoms with E-state index >= 15 is 0 Å². The maximum atomic E-state index is 12.5. The number of hydrogen-bond acceptors (Lipinski definition) is 6. The lowest BCUT2D eigenvalue weighted by Crippen LogP contribution is -2.37. The van der Waals surface area contributed by atoms with E-state index in [4.69, 9.17) is 9.26 Å². The molecular weight excluding hydrogens is 314 g/mol. The quantitative estimate of drug-likeness (QED) is 0.803. The van der Waals surface area contributed by atoms with Crippen LogP contribution in [0.1, 0.15) is 16.6 Å². The van der Waals surface area contributed by atoms with Crippen LogP contribution in [0.15, 0.2) is 28.1 Å². The minimum absolute atomic E-state index is 0.0170. The van der Waals surface area contributed by atoms with Gasteiger partial charge in [0.05, 0.1) is 18.6 Å². The zero-order valence-corrected chi connectivity index (χ0v) is 13.6. The minimum atomic E-state index is -0.353. The molecule has 2 aliphatic heterocycles. The number of thiophene rings is 1. The van der Waals surface area contributed by atoms with Crippen molar-refractivity contribution >= 4 is 23.3 Å². The smallest absolute Gasteiger partial charge is 0.246 e. The van der Waals surface area contributed by atoms with Crippen LogP contribution in [0.25, 0.3) is 6.08 Å². The molecule has 0 saturated carbocycles. The fourth-order valence-electron chi connectivity index (χ4n) is 3.35. The topological polar surface area (TPSA) is 68.5 Å². The van der Waals surface area contributed by atoms with E-state index in [9.17, 15) is 4.79 Å². The van der Waals surface area contributed by atoms with E-state index in [1.807, 2.05) is 28.5 Å². The summed E-state index contributed by atoms with van der Waals surface area (Å²) in [6, 6.07) is 3.96. The van der Waals surface area contributed by atoms with Gasteiger partial charge in [0.1, 0.15) is 0 Å². The number of ether oxygens (including phenoxy) is 1. The molecular formula is C16H17N3O3S. The summed E-state index contributed by atoms with van der Waals surface area (Å²) in [6.45, 7) is 4.18. The van der Waals surface area contributed by atoms with Crippen LogP contribution in [0.2, 0.25) is 0 Å². The number of aryl methyl sites for hydroxylation is 1. The van der Waals surface area contributed by atoms with Crippen molar-refractivity contribution in [2.75, 3.05) is 26.3 Å². The molecule has 0 N–H and O–H groups in total. The Hall–Kier alpha value is -1.99. The first-order chi connectivity index (χ1) is 11.2. The summed E-state index contributed by atoms with van der Waals surface area (Å²) in [7, 11) is 0. The van der Waals surface area contributed by atoms with E-state index in [0.29, 0.717) is 38.0 Å². The second-order valence-corrected chi connectivity index (χ2v) is 7.06. The number of amides is 1. The van der Waals surface area contributed by atoms with E-state index < -0.39 is 0 Å². The van der Waals surface area contributed by atoms with Gasteiger partial charge in [-0.1, -0.05) is 11.2 Å². The van der Waals surface area contributed by atoms with Gasteiger partial charge in [-0.3, -0.25) is 4.79 Å². The van der Waals surface area contributed by atoms with E-state index in [1.165, 1.54) is 0 Å². The highest BCUT2D eigenvalue weighted by Gasteiger charge is 2.56. The molecule has 23 heavy (non-hydrogen) atoms. The third-order valence-electron chi connectivity index (χ3n) is 4.57. The van der Waals surface area contributed by atoms with Crippen LogP contribution in [0.3, 0.4) is 0 Å². The zero-order chi connectivity index (χ0) is 15.9. The van der Waals surface area contributed by atoms with E-state index in [-0.39, 0.29) is 17.2 Å². The average molecular weight is 331 g/mol. The standard InChI is InChI=1S/C16H17N3O3S/c1-11-17-15(22-18-11)16-9-19(7-12(16)8-21-10-16)14(20)5-4-13-3-2-6-23-13/h2-6,12H,7-10H2,1H3/b5-4+/t12-,16-/m1/s1. The van der Waals surface area contributed by atoms with Gasteiger partial charge in [0, 0.05) is 30.0 Å². The van der Waals surface area contributed by atoms with Crippen molar-refractivity contribution in [3.63, 3.8) is 0 Å². The summed E-state index contributed by atoms with van der Waals surface area (Å²) in [5, 5.41) is 5.89. The Balaban J connectivity index is 1.54. The number of nitrogens with zero attached hydrogens (tertiary/aromatic N) is 3. The van der Waals surface area contributed by atoms with Gasteiger partial charge < -0.3 is 14.2 Å². The highest BCUT2D eigenvalue weighted by atomic mass is 32.1. The van der Waals surface area contributed by atoms with Crippen molar-refractivity contribution in [2.45, 2.75) is 12.3 Å². The molecule has 2 saturated heterocycles. The van der Waals surface area contributed by atoms with E-state index in [2.05, 4.69) is 10.1 Å². The highest BCUT2D eigenvalue weighted by molar-refractivity contribution is 7.10. The van der Waals surface area contributed by atoms with Crippen molar-refractivity contribution < 1.29 is 14.1 Å². The molecule has 6 nitrogen and oxygen atoms in total. The normalized spacial score (nSPS) is 27.0. The number of carbonyl (C=O) groups excluding carboxylic acids is 1. The lowest BCUT2D eigenvalue weighted by atomic mass is 9.81. The van der Waals surface area contributed by atoms with Crippen LogP contribution < -0.4 is 0 Å². The van der Waals surface area contributed by atoms with Crippen molar-refractivity contribution in [1.29, 1.82) is 0 Å². The summed E-state index contributed by atoms with van der Waals surface area (Å²) >= 11 is 1.61. The number of hydrogen-bond donors (Lipinski definition) is 0. The van der Waals surface area contributed by atoms with Gasteiger partial charge in [-0.15, -0.1) is 11.3 Å². The van der Waals surface area contributed by atoms with Gasteiger partial charge in [0.2, 0.25) is 11.8 Å². The molecule has 7 heteroatoms. The molecule has 0 radical (unpaired) electrons. The van der Waals surface area contributed by atoms with Crippen LogP contribution in [0, 0.1) is 12.8 Å². The predicted octanol–water partition coefficient (Wildman–Crippen LogP) is 1.88. The minimum Gasteiger partial charge on any atom is -0.380 e. The van der Waals surface area contributed by atoms with Crippen LogP contribution in [0.5, 0.6) is 0 Å². The van der Waals surface area contributed by atoms with Crippen LogP contribution >= 0.6 is 11.3 Å². The van der Waals surface area contributed by atoms with Crippen LogP contribution in [-0.2, 0) is 14.9 Å². The fraction of sp³-hybridized carbons (Fsp3) is 0.438. The molecule has 120 valence electrons. The lowest BCUT2D eigenvalue weighted by Gasteiger charge is -2.22. The third-order valence-corrected chi connectivity index (χ3v) is 5.41. The Labute approximate surface area is 137 Å². The molecule has 0 unspecified atom stereocenters. The van der Waals surface area contributed by atoms with Gasteiger partial charge >= 0.3 is 0 Å². The van der Waals surface area contributed by atoms with Gasteiger partial charge in [0.25, 0.3) is 0 Å². The Kier molecular flexibility index (Phi) is 3.54. The molecule has 2 aromatic rings. The molecule has 0 aliphatic carbocycles. The zero-order valence-electron chi connectivity index (χ0n) is 12.8. The molecule has 1 amide bonds. The van der Waals surface area contributed by atoms with Crippen molar-refractivity contribution in [3.05, 3.63) is 40.2 Å². The second kappa shape index (κ2) is 5.58. The summed E-state index contributed by atoms with van der Waals surface area (Å²) < 4.78 is 11.0. The van der Waals surface area contributed by atoms with Crippen LogP contribution in [-0.4, -0.2) is 47.3 Å². The summed E-state index contributed by atoms with van der Waals surface area (Å²) in [4.78, 5) is 19.8. The Bertz CT molecular complexity index is 740. The van der Waals surface area contributed by atoms with Crippen molar-refractivity contribution in [3.8, 4) is 0 Å². The molecule has 0 spiro atoms. The summed E-state index contributed by atoms with van der Waals surface area (Å²) in [5.74, 6) is 1.43. The van der Waals surface area contributed by atoms with Gasteiger partial charge in [0.15, 0.2) is 5.82 Å². The van der Waals surface area contributed by atoms with E-state index in [0.717, 1.165) is 4.88 Å². The number of rotatable bonds is 3. The number of carbonyl (C=O) groups is 1.